The summed E-state index contributed by atoms with van der Waals surface area (Å²) in [6.45, 7) is 1.32. The van der Waals surface area contributed by atoms with Gasteiger partial charge in [-0.05, 0) is 24.5 Å². The van der Waals surface area contributed by atoms with Gasteiger partial charge in [0, 0.05) is 25.7 Å². The molecule has 0 aliphatic carbocycles. The number of methoxy groups -OCH3 is 1. The number of aryl methyl sites for hydroxylation is 1. The molecule has 0 fully saturated rings. The van der Waals surface area contributed by atoms with Crippen molar-refractivity contribution in [1.29, 1.82) is 0 Å². The number of rotatable bonds is 8. The first-order valence-corrected chi connectivity index (χ1v) is 7.02. The minimum absolute atomic E-state index is 0.0602. The zero-order valence-corrected chi connectivity index (χ0v) is 12.2. The molecule has 0 bridgehead atoms. The molecule has 112 valence electrons. The van der Waals surface area contributed by atoms with E-state index in [1.54, 1.807) is 24.2 Å². The Labute approximate surface area is 124 Å². The summed E-state index contributed by atoms with van der Waals surface area (Å²) in [5, 5.41) is 10.5. The fraction of sp³-hybridized carbons (Fsp3) is 0.400. The van der Waals surface area contributed by atoms with E-state index in [2.05, 4.69) is 15.6 Å². The van der Waals surface area contributed by atoms with Crippen LogP contribution >= 0.6 is 0 Å². The molecule has 0 aliphatic heterocycles. The molecule has 6 heteroatoms. The zero-order chi connectivity index (χ0) is 14.9. The summed E-state index contributed by atoms with van der Waals surface area (Å²) in [5.41, 5.74) is 1.10. The van der Waals surface area contributed by atoms with E-state index in [-0.39, 0.29) is 5.91 Å². The molecule has 1 amide bonds. The minimum Gasteiger partial charge on any atom is -0.496 e. The molecular formula is C15H20N4O2. The summed E-state index contributed by atoms with van der Waals surface area (Å²) in [6, 6.07) is 7.84. The van der Waals surface area contributed by atoms with Crippen LogP contribution in [0, 0.1) is 0 Å². The fourth-order valence-electron chi connectivity index (χ4n) is 2.09. The van der Waals surface area contributed by atoms with E-state index in [0.29, 0.717) is 19.5 Å². The summed E-state index contributed by atoms with van der Waals surface area (Å²) >= 11 is 0. The van der Waals surface area contributed by atoms with Gasteiger partial charge in [0.05, 0.1) is 13.3 Å². The first-order chi connectivity index (χ1) is 10.3. The van der Waals surface area contributed by atoms with Crippen molar-refractivity contribution in [2.24, 2.45) is 0 Å². The van der Waals surface area contributed by atoms with E-state index in [0.717, 1.165) is 24.2 Å². The highest BCUT2D eigenvalue weighted by Gasteiger charge is 2.04. The molecular weight excluding hydrogens is 268 g/mol. The zero-order valence-electron chi connectivity index (χ0n) is 12.2. The van der Waals surface area contributed by atoms with Gasteiger partial charge >= 0.3 is 0 Å². The van der Waals surface area contributed by atoms with Gasteiger partial charge in [-0.25, -0.2) is 0 Å². The Hall–Kier alpha value is -2.37. The number of nitrogens with zero attached hydrogens (tertiary/aromatic N) is 3. The van der Waals surface area contributed by atoms with Crippen LogP contribution in [-0.4, -0.2) is 34.6 Å². The molecule has 0 aliphatic rings. The van der Waals surface area contributed by atoms with Crippen molar-refractivity contribution in [2.45, 2.75) is 25.8 Å². The first-order valence-electron chi connectivity index (χ1n) is 7.02. The smallest absolute Gasteiger partial charge is 0.220 e. The Bertz CT molecular complexity index is 555. The maximum absolute atomic E-state index is 11.7. The number of para-hydroxylation sites is 1. The summed E-state index contributed by atoms with van der Waals surface area (Å²) in [5.74, 6) is 0.919. The molecule has 21 heavy (non-hydrogen) atoms. The van der Waals surface area contributed by atoms with Gasteiger partial charge in [0.2, 0.25) is 5.91 Å². The maximum Gasteiger partial charge on any atom is 0.220 e. The number of benzene rings is 1. The highest BCUT2D eigenvalue weighted by molar-refractivity contribution is 5.75. The highest BCUT2D eigenvalue weighted by Crippen LogP contribution is 2.17. The average molecular weight is 288 g/mol. The Morgan fingerprint density at radius 2 is 2.24 bits per heavy atom. The van der Waals surface area contributed by atoms with E-state index in [1.807, 2.05) is 24.3 Å². The highest BCUT2D eigenvalue weighted by atomic mass is 16.5. The van der Waals surface area contributed by atoms with Crippen molar-refractivity contribution < 1.29 is 9.53 Å². The van der Waals surface area contributed by atoms with Crippen LogP contribution in [0.1, 0.15) is 18.4 Å². The largest absolute Gasteiger partial charge is 0.496 e. The summed E-state index contributed by atoms with van der Waals surface area (Å²) in [4.78, 5) is 11.7. The molecule has 2 rings (SSSR count). The van der Waals surface area contributed by atoms with Crippen molar-refractivity contribution in [3.8, 4) is 5.75 Å². The first kappa shape index (κ1) is 15.0. The van der Waals surface area contributed by atoms with Crippen molar-refractivity contribution in [3.63, 3.8) is 0 Å². The van der Waals surface area contributed by atoms with Gasteiger partial charge in [0.25, 0.3) is 0 Å². The van der Waals surface area contributed by atoms with E-state index in [1.165, 1.54) is 0 Å². The van der Waals surface area contributed by atoms with Gasteiger partial charge < -0.3 is 10.1 Å². The Balaban J connectivity index is 1.65. The molecule has 1 aromatic heterocycles. The maximum atomic E-state index is 11.7. The van der Waals surface area contributed by atoms with Crippen LogP contribution in [0.5, 0.6) is 5.75 Å². The van der Waals surface area contributed by atoms with Crippen LogP contribution in [-0.2, 0) is 17.8 Å². The van der Waals surface area contributed by atoms with Crippen molar-refractivity contribution in [1.82, 2.24) is 20.3 Å². The third-order valence-corrected chi connectivity index (χ3v) is 3.17. The predicted molar refractivity (Wildman–Crippen MR) is 79.0 cm³/mol. The molecule has 0 atom stereocenters. The summed E-state index contributed by atoms with van der Waals surface area (Å²) in [7, 11) is 1.65. The fourth-order valence-corrected chi connectivity index (χ4v) is 2.09. The lowest BCUT2D eigenvalue weighted by Crippen LogP contribution is -2.25. The lowest BCUT2D eigenvalue weighted by atomic mass is 10.1. The molecule has 1 aromatic carbocycles. The Morgan fingerprint density at radius 3 is 3.00 bits per heavy atom. The summed E-state index contributed by atoms with van der Waals surface area (Å²) < 4.78 is 7.01. The van der Waals surface area contributed by atoms with Crippen LogP contribution < -0.4 is 10.1 Å². The molecule has 2 aromatic rings. The molecule has 1 heterocycles. The number of hydrogen-bond donors (Lipinski definition) is 1. The second-order valence-corrected chi connectivity index (χ2v) is 4.68. The second kappa shape index (κ2) is 8.04. The van der Waals surface area contributed by atoms with Crippen molar-refractivity contribution >= 4 is 5.91 Å². The van der Waals surface area contributed by atoms with E-state index >= 15 is 0 Å². The molecule has 0 spiro atoms. The van der Waals surface area contributed by atoms with Gasteiger partial charge in [0.1, 0.15) is 5.75 Å². The molecule has 0 radical (unpaired) electrons. The average Bonchev–Trinajstić information content (AvgIpc) is 3.01. The van der Waals surface area contributed by atoms with Crippen LogP contribution in [0.25, 0.3) is 0 Å². The third-order valence-electron chi connectivity index (χ3n) is 3.17. The van der Waals surface area contributed by atoms with E-state index in [4.69, 9.17) is 4.74 Å². The van der Waals surface area contributed by atoms with Gasteiger partial charge in [-0.3, -0.25) is 9.48 Å². The van der Waals surface area contributed by atoms with Crippen LogP contribution in [0.15, 0.2) is 36.7 Å². The number of aromatic nitrogens is 3. The molecule has 0 unspecified atom stereocenters. The van der Waals surface area contributed by atoms with Gasteiger partial charge in [0.15, 0.2) is 0 Å². The third kappa shape index (κ3) is 4.91. The minimum atomic E-state index is 0.0602. The van der Waals surface area contributed by atoms with Crippen molar-refractivity contribution in [3.05, 3.63) is 42.2 Å². The van der Waals surface area contributed by atoms with Crippen LogP contribution in [0.3, 0.4) is 0 Å². The SMILES string of the molecule is COc1ccccc1CCNC(=O)CCCn1ccnn1. The standard InChI is InChI=1S/C15H20N4O2/c1-21-14-6-3-2-5-13(14)8-9-16-15(20)7-4-11-19-12-10-17-18-19/h2-3,5-6,10,12H,4,7-9,11H2,1H3,(H,16,20). The molecule has 0 saturated heterocycles. The second-order valence-electron chi connectivity index (χ2n) is 4.68. The lowest BCUT2D eigenvalue weighted by Gasteiger charge is -2.09. The number of hydrogen-bond acceptors (Lipinski definition) is 4. The normalized spacial score (nSPS) is 10.3. The number of nitrogens with one attached hydrogen (secondary N) is 1. The Morgan fingerprint density at radius 1 is 1.38 bits per heavy atom. The number of carbonyl (C=O) groups is 1. The quantitative estimate of drug-likeness (QED) is 0.797. The molecule has 6 nitrogen and oxygen atoms in total. The molecule has 1 N–H and O–H groups in total. The monoisotopic (exact) mass is 288 g/mol. The number of amides is 1. The van der Waals surface area contributed by atoms with Gasteiger partial charge in [-0.1, -0.05) is 23.4 Å². The number of ether oxygens (including phenoxy) is 1. The Kier molecular flexibility index (Phi) is 5.75. The predicted octanol–water partition coefficient (Wildman–Crippen LogP) is 1.43. The lowest BCUT2D eigenvalue weighted by molar-refractivity contribution is -0.121. The van der Waals surface area contributed by atoms with Crippen LogP contribution in [0.4, 0.5) is 0 Å². The van der Waals surface area contributed by atoms with Crippen molar-refractivity contribution in [2.75, 3.05) is 13.7 Å². The number of carbonyl (C=O) groups excluding carboxylic acids is 1. The van der Waals surface area contributed by atoms with E-state index < -0.39 is 0 Å². The molecule has 0 saturated carbocycles. The van der Waals surface area contributed by atoms with E-state index in [9.17, 15) is 4.79 Å². The van der Waals surface area contributed by atoms with Crippen LogP contribution in [0.2, 0.25) is 0 Å². The van der Waals surface area contributed by atoms with Gasteiger partial charge in [-0.15, -0.1) is 5.10 Å². The topological polar surface area (TPSA) is 69.0 Å². The summed E-state index contributed by atoms with van der Waals surface area (Å²) in [6.07, 6.45) is 5.43. The van der Waals surface area contributed by atoms with Gasteiger partial charge in [-0.2, -0.15) is 0 Å².